The van der Waals surface area contributed by atoms with Gasteiger partial charge in [0.05, 0.1) is 0 Å². The minimum Gasteiger partial charge on any atom is -0.311 e. The van der Waals surface area contributed by atoms with Crippen LogP contribution in [0.1, 0.15) is 25.7 Å². The van der Waals surface area contributed by atoms with E-state index in [0.717, 1.165) is 13.0 Å². The van der Waals surface area contributed by atoms with Crippen LogP contribution in [0.5, 0.6) is 0 Å². The molecule has 2 heteroatoms. The molecule has 0 radical (unpaired) electrons. The van der Waals surface area contributed by atoms with Crippen molar-refractivity contribution in [3.63, 3.8) is 0 Å². The Hall–Kier alpha value is -0.110. The van der Waals surface area contributed by atoms with E-state index in [4.69, 9.17) is 0 Å². The molecule has 54 valence electrons. The molecule has 1 heterocycles. The maximum atomic E-state index is 12.0. The normalized spacial score (nSPS) is 29.7. The van der Waals surface area contributed by atoms with E-state index in [1.807, 2.05) is 0 Å². The molecule has 1 nitrogen and oxygen atoms in total. The first kappa shape index (κ1) is 7.00. The zero-order chi connectivity index (χ0) is 6.53. The van der Waals surface area contributed by atoms with Gasteiger partial charge in [0, 0.05) is 6.04 Å². The van der Waals surface area contributed by atoms with Crippen LogP contribution in [-0.4, -0.2) is 19.3 Å². The van der Waals surface area contributed by atoms with Gasteiger partial charge in [0.15, 0.2) is 0 Å². The third-order valence-electron chi connectivity index (χ3n) is 1.85. The second-order valence-corrected chi connectivity index (χ2v) is 2.65. The summed E-state index contributed by atoms with van der Waals surface area (Å²) in [7, 11) is 0. The Labute approximate surface area is 55.6 Å². The Morgan fingerprint density at radius 3 is 3.00 bits per heavy atom. The second-order valence-electron chi connectivity index (χ2n) is 2.65. The molecule has 1 saturated heterocycles. The van der Waals surface area contributed by atoms with Gasteiger partial charge in [-0.05, 0) is 19.4 Å². The third kappa shape index (κ3) is 2.31. The van der Waals surface area contributed by atoms with E-state index in [1.165, 1.54) is 19.3 Å². The van der Waals surface area contributed by atoms with Crippen molar-refractivity contribution in [2.24, 2.45) is 0 Å². The van der Waals surface area contributed by atoms with Crippen LogP contribution in [0.15, 0.2) is 0 Å². The van der Waals surface area contributed by atoms with Crippen LogP contribution in [-0.2, 0) is 0 Å². The predicted molar refractivity (Wildman–Crippen MR) is 36.2 cm³/mol. The summed E-state index contributed by atoms with van der Waals surface area (Å²) in [4.78, 5) is 0. The van der Waals surface area contributed by atoms with E-state index < -0.39 is 0 Å². The third-order valence-corrected chi connectivity index (χ3v) is 1.85. The molecule has 1 N–H and O–H groups in total. The van der Waals surface area contributed by atoms with Crippen molar-refractivity contribution >= 4 is 0 Å². The molecule has 0 aromatic heterocycles. The van der Waals surface area contributed by atoms with Gasteiger partial charge in [-0.2, -0.15) is 0 Å². The highest BCUT2D eigenvalue weighted by Crippen LogP contribution is 2.07. The Morgan fingerprint density at radius 1 is 1.33 bits per heavy atom. The average Bonchev–Trinajstić information content (AvgIpc) is 2.13. The summed E-state index contributed by atoms with van der Waals surface area (Å²) in [5.41, 5.74) is 0. The monoisotopic (exact) mass is 131 g/mol. The van der Waals surface area contributed by atoms with E-state index >= 15 is 0 Å². The molecule has 1 atom stereocenters. The highest BCUT2D eigenvalue weighted by atomic mass is 19.1. The van der Waals surface area contributed by atoms with Crippen LogP contribution in [0.25, 0.3) is 0 Å². The fraction of sp³-hybridized carbons (Fsp3) is 1.00. The summed E-state index contributed by atoms with van der Waals surface area (Å²) < 4.78 is 12.0. The Balaban J connectivity index is 2.18. The fourth-order valence-electron chi connectivity index (χ4n) is 1.23. The smallest absolute Gasteiger partial charge is 0.105 e. The average molecular weight is 131 g/mol. The number of alkyl halides is 1. The van der Waals surface area contributed by atoms with Crippen molar-refractivity contribution < 1.29 is 4.39 Å². The Kier molecular flexibility index (Phi) is 2.98. The zero-order valence-electron chi connectivity index (χ0n) is 5.70. The lowest BCUT2D eigenvalue weighted by Gasteiger charge is -2.09. The van der Waals surface area contributed by atoms with Crippen LogP contribution in [0.2, 0.25) is 0 Å². The fourth-order valence-corrected chi connectivity index (χ4v) is 1.23. The lowest BCUT2D eigenvalue weighted by Crippen LogP contribution is -2.29. The first-order valence-electron chi connectivity index (χ1n) is 3.73. The van der Waals surface area contributed by atoms with Gasteiger partial charge < -0.3 is 5.32 Å². The van der Waals surface area contributed by atoms with Gasteiger partial charge in [-0.15, -0.1) is 0 Å². The standard InChI is InChI=1S/C7H14FN/c8-6-7-4-2-1-3-5-9-7/h7,9H,1-6H2. The van der Waals surface area contributed by atoms with Crippen molar-refractivity contribution in [1.82, 2.24) is 5.32 Å². The number of hydrogen-bond donors (Lipinski definition) is 1. The first-order valence-corrected chi connectivity index (χ1v) is 3.73. The lowest BCUT2D eigenvalue weighted by atomic mass is 10.1. The van der Waals surface area contributed by atoms with E-state index in [9.17, 15) is 4.39 Å². The zero-order valence-corrected chi connectivity index (χ0v) is 5.70. The second kappa shape index (κ2) is 3.83. The van der Waals surface area contributed by atoms with Crippen LogP contribution in [0.4, 0.5) is 4.39 Å². The predicted octanol–water partition coefficient (Wildman–Crippen LogP) is 1.49. The van der Waals surface area contributed by atoms with E-state index in [-0.39, 0.29) is 12.7 Å². The summed E-state index contributed by atoms with van der Waals surface area (Å²) >= 11 is 0. The molecule has 0 amide bonds. The van der Waals surface area contributed by atoms with E-state index in [2.05, 4.69) is 5.32 Å². The van der Waals surface area contributed by atoms with E-state index in [0.29, 0.717) is 0 Å². The summed E-state index contributed by atoms with van der Waals surface area (Å²) in [6.45, 7) is 0.814. The van der Waals surface area contributed by atoms with E-state index in [1.54, 1.807) is 0 Å². The minimum absolute atomic E-state index is 0.160. The van der Waals surface area contributed by atoms with Gasteiger partial charge in [0.2, 0.25) is 0 Å². The number of nitrogens with one attached hydrogen (secondary N) is 1. The molecule has 0 bridgehead atoms. The van der Waals surface area contributed by atoms with Crippen molar-refractivity contribution in [2.75, 3.05) is 13.2 Å². The lowest BCUT2D eigenvalue weighted by molar-refractivity contribution is 0.370. The SMILES string of the molecule is FCC1CCCCCN1. The molecule has 1 rings (SSSR count). The molecule has 1 aliphatic heterocycles. The largest absolute Gasteiger partial charge is 0.311 e. The number of rotatable bonds is 1. The topological polar surface area (TPSA) is 12.0 Å². The summed E-state index contributed by atoms with van der Waals surface area (Å²) in [6.07, 6.45) is 4.71. The first-order chi connectivity index (χ1) is 4.43. The van der Waals surface area contributed by atoms with Crippen LogP contribution in [0.3, 0.4) is 0 Å². The van der Waals surface area contributed by atoms with Crippen LogP contribution >= 0.6 is 0 Å². The van der Waals surface area contributed by atoms with Crippen molar-refractivity contribution in [3.8, 4) is 0 Å². The van der Waals surface area contributed by atoms with Gasteiger partial charge >= 0.3 is 0 Å². The van der Waals surface area contributed by atoms with Crippen LogP contribution in [0, 0.1) is 0 Å². The number of halogens is 1. The summed E-state index contributed by atoms with van der Waals surface area (Å²) in [5.74, 6) is 0. The van der Waals surface area contributed by atoms with Crippen molar-refractivity contribution in [3.05, 3.63) is 0 Å². The molecule has 1 aliphatic rings. The highest BCUT2D eigenvalue weighted by Gasteiger charge is 2.09. The van der Waals surface area contributed by atoms with Crippen molar-refractivity contribution in [1.29, 1.82) is 0 Å². The van der Waals surface area contributed by atoms with Gasteiger partial charge in [-0.25, -0.2) is 4.39 Å². The molecule has 1 fully saturated rings. The van der Waals surface area contributed by atoms with Crippen LogP contribution < -0.4 is 5.32 Å². The van der Waals surface area contributed by atoms with Gasteiger partial charge in [0.1, 0.15) is 6.67 Å². The molecule has 0 aromatic rings. The Morgan fingerprint density at radius 2 is 2.22 bits per heavy atom. The Bertz CT molecular complexity index is 67.3. The van der Waals surface area contributed by atoms with Gasteiger partial charge in [0.25, 0.3) is 0 Å². The molecule has 0 aliphatic carbocycles. The van der Waals surface area contributed by atoms with Crippen molar-refractivity contribution in [2.45, 2.75) is 31.7 Å². The summed E-state index contributed by atoms with van der Waals surface area (Å²) in [5, 5.41) is 3.16. The molecule has 0 saturated carbocycles. The highest BCUT2D eigenvalue weighted by molar-refractivity contribution is 4.68. The molecule has 0 aromatic carbocycles. The maximum absolute atomic E-state index is 12.0. The molecule has 0 spiro atoms. The molecule has 1 unspecified atom stereocenters. The van der Waals surface area contributed by atoms with Gasteiger partial charge in [-0.1, -0.05) is 12.8 Å². The van der Waals surface area contributed by atoms with Gasteiger partial charge in [-0.3, -0.25) is 0 Å². The molecular formula is C7H14FN. The maximum Gasteiger partial charge on any atom is 0.105 e. The molecule has 9 heavy (non-hydrogen) atoms. The quantitative estimate of drug-likeness (QED) is 0.568. The minimum atomic E-state index is -0.194. The molecular weight excluding hydrogens is 117 g/mol. The number of hydrogen-bond acceptors (Lipinski definition) is 1. The summed E-state index contributed by atoms with van der Waals surface area (Å²) in [6, 6.07) is 0.160.